The maximum atomic E-state index is 13.9. The summed E-state index contributed by atoms with van der Waals surface area (Å²) in [6.45, 7) is 5.69. The minimum Gasteiger partial charge on any atom is -0.355 e. The van der Waals surface area contributed by atoms with Crippen LogP contribution in [0.25, 0.3) is 11.3 Å². The number of aromatic nitrogens is 2. The Morgan fingerprint density at radius 2 is 1.91 bits per heavy atom. The molecule has 6 heteroatoms. The average molecular weight is 319 g/mol. The van der Waals surface area contributed by atoms with Crippen molar-refractivity contribution in [2.75, 3.05) is 18.0 Å². The Morgan fingerprint density at radius 1 is 1.22 bits per heavy atom. The number of anilines is 1. The van der Waals surface area contributed by atoms with Gasteiger partial charge in [0.05, 0.1) is 23.1 Å². The van der Waals surface area contributed by atoms with E-state index < -0.39 is 11.6 Å². The van der Waals surface area contributed by atoms with Gasteiger partial charge in [-0.05, 0) is 26.0 Å². The molecule has 0 bridgehead atoms. The normalized spacial score (nSPS) is 17.3. The molecular formula is C17H21F2N4+. The topological polar surface area (TPSA) is 56.7 Å². The van der Waals surface area contributed by atoms with Crippen molar-refractivity contribution in [1.29, 1.82) is 0 Å². The van der Waals surface area contributed by atoms with E-state index in [0.717, 1.165) is 37.8 Å². The van der Waals surface area contributed by atoms with E-state index in [-0.39, 0.29) is 11.1 Å². The van der Waals surface area contributed by atoms with Gasteiger partial charge in [0.1, 0.15) is 5.82 Å². The van der Waals surface area contributed by atoms with Crippen LogP contribution in [0.4, 0.5) is 14.6 Å². The van der Waals surface area contributed by atoms with Gasteiger partial charge in [-0.25, -0.2) is 13.8 Å². The van der Waals surface area contributed by atoms with E-state index in [0.29, 0.717) is 11.4 Å². The van der Waals surface area contributed by atoms with Gasteiger partial charge in [0.25, 0.3) is 0 Å². The van der Waals surface area contributed by atoms with Crippen LogP contribution in [-0.2, 0) is 0 Å². The molecule has 23 heavy (non-hydrogen) atoms. The van der Waals surface area contributed by atoms with Crippen molar-refractivity contribution in [2.45, 2.75) is 32.2 Å². The summed E-state index contributed by atoms with van der Waals surface area (Å²) in [6, 6.07) is 4.09. The van der Waals surface area contributed by atoms with Gasteiger partial charge in [-0.15, -0.1) is 0 Å². The van der Waals surface area contributed by atoms with Crippen LogP contribution in [0, 0.1) is 18.6 Å². The molecule has 1 saturated heterocycles. The Bertz CT molecular complexity index is 721. The smallest absolute Gasteiger partial charge is 0.168 e. The predicted octanol–water partition coefficient (Wildman–Crippen LogP) is 2.33. The fourth-order valence-corrected chi connectivity index (χ4v) is 2.85. The Kier molecular flexibility index (Phi) is 4.02. The first-order chi connectivity index (χ1) is 10.9. The SMILES string of the molecule is Cc1nc(N2CCC(C)([NH3+])CC2)cnc1-c1cccc(F)c1F. The predicted molar refractivity (Wildman–Crippen MR) is 84.9 cm³/mol. The first-order valence-electron chi connectivity index (χ1n) is 7.76. The van der Waals surface area contributed by atoms with Crippen LogP contribution in [0.2, 0.25) is 0 Å². The van der Waals surface area contributed by atoms with Crippen LogP contribution in [0.5, 0.6) is 0 Å². The van der Waals surface area contributed by atoms with E-state index in [1.807, 2.05) is 0 Å². The highest BCUT2D eigenvalue weighted by molar-refractivity contribution is 5.63. The maximum absolute atomic E-state index is 13.9. The number of hydrogen-bond donors (Lipinski definition) is 1. The van der Waals surface area contributed by atoms with Crippen molar-refractivity contribution in [3.63, 3.8) is 0 Å². The zero-order valence-corrected chi connectivity index (χ0v) is 13.4. The Labute approximate surface area is 134 Å². The monoisotopic (exact) mass is 319 g/mol. The second-order valence-corrected chi connectivity index (χ2v) is 6.56. The van der Waals surface area contributed by atoms with Crippen molar-refractivity contribution >= 4 is 5.82 Å². The second-order valence-electron chi connectivity index (χ2n) is 6.56. The lowest BCUT2D eigenvalue weighted by molar-refractivity contribution is -0.475. The fourth-order valence-electron chi connectivity index (χ4n) is 2.85. The molecule has 3 N–H and O–H groups in total. The molecule has 0 saturated carbocycles. The fraction of sp³-hybridized carbons (Fsp3) is 0.412. The molecule has 1 fully saturated rings. The van der Waals surface area contributed by atoms with Gasteiger partial charge in [-0.2, -0.15) is 0 Å². The van der Waals surface area contributed by atoms with Crippen molar-refractivity contribution in [1.82, 2.24) is 9.97 Å². The number of nitrogens with zero attached hydrogens (tertiary/aromatic N) is 3. The molecule has 0 spiro atoms. The maximum Gasteiger partial charge on any atom is 0.168 e. The van der Waals surface area contributed by atoms with Gasteiger partial charge in [0, 0.05) is 31.5 Å². The molecule has 0 atom stereocenters. The molecule has 2 aromatic rings. The third-order valence-electron chi connectivity index (χ3n) is 4.44. The van der Waals surface area contributed by atoms with E-state index >= 15 is 0 Å². The number of hydrogen-bond acceptors (Lipinski definition) is 3. The van der Waals surface area contributed by atoms with E-state index in [4.69, 9.17) is 0 Å². The molecular weight excluding hydrogens is 298 g/mol. The molecule has 0 amide bonds. The number of piperidine rings is 1. The highest BCUT2D eigenvalue weighted by Crippen LogP contribution is 2.27. The molecule has 1 aromatic heterocycles. The molecule has 0 radical (unpaired) electrons. The summed E-state index contributed by atoms with van der Waals surface area (Å²) < 4.78 is 27.3. The summed E-state index contributed by atoms with van der Waals surface area (Å²) in [7, 11) is 0. The Hall–Kier alpha value is -2.08. The molecule has 3 rings (SSSR count). The van der Waals surface area contributed by atoms with Gasteiger partial charge in [-0.1, -0.05) is 6.07 Å². The average Bonchev–Trinajstić information content (AvgIpc) is 2.50. The lowest BCUT2D eigenvalue weighted by Crippen LogP contribution is -2.73. The zero-order valence-electron chi connectivity index (χ0n) is 13.4. The molecule has 4 nitrogen and oxygen atoms in total. The highest BCUT2D eigenvalue weighted by Gasteiger charge is 2.30. The van der Waals surface area contributed by atoms with Crippen LogP contribution >= 0.6 is 0 Å². The first-order valence-corrected chi connectivity index (χ1v) is 7.76. The summed E-state index contributed by atoms with van der Waals surface area (Å²) >= 11 is 0. The summed E-state index contributed by atoms with van der Waals surface area (Å²) in [5, 5.41) is 0. The van der Waals surface area contributed by atoms with E-state index in [2.05, 4.69) is 27.5 Å². The van der Waals surface area contributed by atoms with Crippen molar-refractivity contribution in [3.05, 3.63) is 41.7 Å². The molecule has 0 aliphatic carbocycles. The minimum absolute atomic E-state index is 0.115. The Balaban J connectivity index is 1.88. The summed E-state index contributed by atoms with van der Waals surface area (Å²) in [5.41, 5.74) is 5.44. The number of rotatable bonds is 2. The quantitative estimate of drug-likeness (QED) is 0.924. The highest BCUT2D eigenvalue weighted by atomic mass is 19.2. The first kappa shape index (κ1) is 15.8. The van der Waals surface area contributed by atoms with Gasteiger partial charge in [-0.3, -0.25) is 4.98 Å². The third kappa shape index (κ3) is 3.17. The third-order valence-corrected chi connectivity index (χ3v) is 4.44. The number of aryl methyl sites for hydroxylation is 1. The molecule has 1 aliphatic rings. The standard InChI is InChI=1S/C17H20F2N4/c1-11-16(12-4-3-5-13(18)15(12)19)21-10-14(22-11)23-8-6-17(2,20)7-9-23/h3-5,10H,6-9,20H2,1-2H3/p+1. The van der Waals surface area contributed by atoms with E-state index in [9.17, 15) is 8.78 Å². The second kappa shape index (κ2) is 5.85. The van der Waals surface area contributed by atoms with Gasteiger partial charge >= 0.3 is 0 Å². The molecule has 0 unspecified atom stereocenters. The summed E-state index contributed by atoms with van der Waals surface area (Å²) in [4.78, 5) is 11.0. The number of benzene rings is 1. The number of quaternary nitrogens is 1. The van der Waals surface area contributed by atoms with Crippen LogP contribution < -0.4 is 10.6 Å². The molecule has 1 aromatic carbocycles. The Morgan fingerprint density at radius 3 is 2.57 bits per heavy atom. The van der Waals surface area contributed by atoms with E-state index in [1.165, 1.54) is 12.1 Å². The van der Waals surface area contributed by atoms with E-state index in [1.54, 1.807) is 13.1 Å². The minimum atomic E-state index is -0.886. The zero-order chi connectivity index (χ0) is 16.6. The molecule has 1 aliphatic heterocycles. The lowest BCUT2D eigenvalue weighted by atomic mass is 9.91. The number of halogens is 2. The summed E-state index contributed by atoms with van der Waals surface area (Å²) in [5.74, 6) is -0.986. The summed E-state index contributed by atoms with van der Waals surface area (Å²) in [6.07, 6.45) is 3.63. The van der Waals surface area contributed by atoms with Crippen LogP contribution in [-0.4, -0.2) is 28.6 Å². The lowest BCUT2D eigenvalue weighted by Gasteiger charge is -2.35. The van der Waals surface area contributed by atoms with Gasteiger partial charge < -0.3 is 10.6 Å². The van der Waals surface area contributed by atoms with Crippen molar-refractivity contribution < 1.29 is 14.5 Å². The van der Waals surface area contributed by atoms with Gasteiger partial charge in [0.15, 0.2) is 11.6 Å². The molecule has 122 valence electrons. The van der Waals surface area contributed by atoms with Crippen molar-refractivity contribution in [3.8, 4) is 11.3 Å². The van der Waals surface area contributed by atoms with Crippen LogP contribution in [0.3, 0.4) is 0 Å². The largest absolute Gasteiger partial charge is 0.355 e. The van der Waals surface area contributed by atoms with Crippen LogP contribution in [0.15, 0.2) is 24.4 Å². The molecule has 2 heterocycles. The van der Waals surface area contributed by atoms with Gasteiger partial charge in [0.2, 0.25) is 0 Å². The van der Waals surface area contributed by atoms with Crippen molar-refractivity contribution in [2.24, 2.45) is 0 Å². The van der Waals surface area contributed by atoms with Crippen LogP contribution in [0.1, 0.15) is 25.5 Å².